The Morgan fingerprint density at radius 1 is 1.47 bits per heavy atom. The summed E-state index contributed by atoms with van der Waals surface area (Å²) in [5.41, 5.74) is 2.09. The molecule has 0 aliphatic heterocycles. The van der Waals surface area contributed by atoms with Crippen LogP contribution >= 0.6 is 0 Å². The van der Waals surface area contributed by atoms with Gasteiger partial charge in [-0.25, -0.2) is 0 Å². The number of aromatic hydroxyl groups is 1. The summed E-state index contributed by atoms with van der Waals surface area (Å²) in [6.07, 6.45) is 5.57. The lowest BCUT2D eigenvalue weighted by Gasteiger charge is -2.12. The van der Waals surface area contributed by atoms with E-state index in [4.69, 9.17) is 0 Å². The first-order valence-electron chi connectivity index (χ1n) is 6.20. The SMILES string of the molecule is Cc1ncc(CO)c(CNCCC2CC2)c1O. The van der Waals surface area contributed by atoms with Crippen LogP contribution in [0.3, 0.4) is 0 Å². The molecule has 3 N–H and O–H groups in total. The highest BCUT2D eigenvalue weighted by Gasteiger charge is 2.20. The Labute approximate surface area is 102 Å². The molecule has 17 heavy (non-hydrogen) atoms. The van der Waals surface area contributed by atoms with Crippen molar-refractivity contribution in [1.82, 2.24) is 10.3 Å². The summed E-state index contributed by atoms with van der Waals surface area (Å²) in [4.78, 5) is 4.04. The average Bonchev–Trinajstić information content (AvgIpc) is 3.14. The van der Waals surface area contributed by atoms with E-state index in [2.05, 4.69) is 10.3 Å². The summed E-state index contributed by atoms with van der Waals surface area (Å²) in [5.74, 6) is 1.11. The van der Waals surface area contributed by atoms with Crippen LogP contribution in [0.2, 0.25) is 0 Å². The minimum Gasteiger partial charge on any atom is -0.506 e. The average molecular weight is 236 g/mol. The molecule has 2 rings (SSSR count). The molecule has 0 radical (unpaired) electrons. The molecule has 0 saturated heterocycles. The first kappa shape index (κ1) is 12.3. The van der Waals surface area contributed by atoms with E-state index in [1.165, 1.54) is 19.3 Å². The van der Waals surface area contributed by atoms with Crippen LogP contribution in [0.25, 0.3) is 0 Å². The van der Waals surface area contributed by atoms with Crippen LogP contribution in [0, 0.1) is 12.8 Å². The molecule has 1 heterocycles. The highest BCUT2D eigenvalue weighted by molar-refractivity contribution is 5.40. The minimum absolute atomic E-state index is 0.0829. The Hall–Kier alpha value is -1.13. The normalized spacial score (nSPS) is 15.2. The van der Waals surface area contributed by atoms with E-state index >= 15 is 0 Å². The van der Waals surface area contributed by atoms with Gasteiger partial charge in [-0.2, -0.15) is 0 Å². The number of hydrogen-bond donors (Lipinski definition) is 3. The monoisotopic (exact) mass is 236 g/mol. The number of nitrogens with one attached hydrogen (secondary N) is 1. The highest BCUT2D eigenvalue weighted by Crippen LogP contribution is 2.31. The third-order valence-electron chi connectivity index (χ3n) is 3.33. The maximum atomic E-state index is 9.92. The van der Waals surface area contributed by atoms with Crippen molar-refractivity contribution in [1.29, 1.82) is 0 Å². The Bertz CT molecular complexity index is 389. The molecule has 1 fully saturated rings. The van der Waals surface area contributed by atoms with Gasteiger partial charge in [0.25, 0.3) is 0 Å². The van der Waals surface area contributed by atoms with Gasteiger partial charge in [-0.3, -0.25) is 4.98 Å². The van der Waals surface area contributed by atoms with Crippen LogP contribution in [0.5, 0.6) is 5.75 Å². The van der Waals surface area contributed by atoms with Crippen LogP contribution in [0.1, 0.15) is 36.1 Å². The first-order valence-corrected chi connectivity index (χ1v) is 6.20. The van der Waals surface area contributed by atoms with Crippen molar-refractivity contribution in [2.75, 3.05) is 6.54 Å². The van der Waals surface area contributed by atoms with Crippen molar-refractivity contribution in [3.05, 3.63) is 23.0 Å². The van der Waals surface area contributed by atoms with E-state index in [9.17, 15) is 10.2 Å². The molecule has 0 atom stereocenters. The molecule has 0 unspecified atom stereocenters. The third kappa shape index (κ3) is 3.17. The molecular formula is C13H20N2O2. The number of nitrogens with zero attached hydrogens (tertiary/aromatic N) is 1. The lowest BCUT2D eigenvalue weighted by atomic mass is 10.1. The first-order chi connectivity index (χ1) is 8.22. The fourth-order valence-corrected chi connectivity index (χ4v) is 1.94. The van der Waals surface area contributed by atoms with Gasteiger partial charge in [-0.1, -0.05) is 12.8 Å². The van der Waals surface area contributed by atoms with Gasteiger partial charge in [-0.05, 0) is 25.8 Å². The summed E-state index contributed by atoms with van der Waals surface area (Å²) in [6, 6.07) is 0. The van der Waals surface area contributed by atoms with Crippen molar-refractivity contribution in [3.8, 4) is 5.75 Å². The van der Waals surface area contributed by atoms with Crippen molar-refractivity contribution in [2.24, 2.45) is 5.92 Å². The van der Waals surface area contributed by atoms with Crippen molar-refractivity contribution in [3.63, 3.8) is 0 Å². The third-order valence-corrected chi connectivity index (χ3v) is 3.33. The van der Waals surface area contributed by atoms with Gasteiger partial charge >= 0.3 is 0 Å². The number of aliphatic hydroxyl groups is 1. The van der Waals surface area contributed by atoms with Crippen LogP contribution in [-0.4, -0.2) is 21.7 Å². The second-order valence-electron chi connectivity index (χ2n) is 4.76. The van der Waals surface area contributed by atoms with Crippen molar-refractivity contribution >= 4 is 0 Å². The molecule has 94 valence electrons. The molecule has 0 spiro atoms. The van der Waals surface area contributed by atoms with E-state index in [1.54, 1.807) is 13.1 Å². The lowest BCUT2D eigenvalue weighted by Crippen LogP contribution is -2.17. The molecule has 1 aliphatic carbocycles. The number of aromatic nitrogens is 1. The molecule has 1 saturated carbocycles. The largest absolute Gasteiger partial charge is 0.506 e. The van der Waals surface area contributed by atoms with Crippen molar-refractivity contribution in [2.45, 2.75) is 39.3 Å². The molecule has 4 nitrogen and oxygen atoms in total. The molecule has 1 aromatic heterocycles. The Morgan fingerprint density at radius 2 is 2.24 bits per heavy atom. The summed E-state index contributed by atoms with van der Waals surface area (Å²) in [5, 5.41) is 22.4. The smallest absolute Gasteiger partial charge is 0.141 e. The minimum atomic E-state index is -0.0829. The predicted molar refractivity (Wildman–Crippen MR) is 65.6 cm³/mol. The number of aryl methyl sites for hydroxylation is 1. The predicted octanol–water partition coefficient (Wildman–Crippen LogP) is 1.48. The topological polar surface area (TPSA) is 65.4 Å². The van der Waals surface area contributed by atoms with E-state index in [1.807, 2.05) is 0 Å². The van der Waals surface area contributed by atoms with Gasteiger partial charge in [0.15, 0.2) is 0 Å². The molecule has 0 amide bonds. The zero-order chi connectivity index (χ0) is 12.3. The Morgan fingerprint density at radius 3 is 2.88 bits per heavy atom. The number of pyridine rings is 1. The maximum Gasteiger partial charge on any atom is 0.141 e. The quantitative estimate of drug-likeness (QED) is 0.655. The fourth-order valence-electron chi connectivity index (χ4n) is 1.94. The zero-order valence-electron chi connectivity index (χ0n) is 10.2. The van der Waals surface area contributed by atoms with Gasteiger partial charge < -0.3 is 15.5 Å². The fraction of sp³-hybridized carbons (Fsp3) is 0.615. The molecule has 0 bridgehead atoms. The van der Waals surface area contributed by atoms with E-state index in [-0.39, 0.29) is 12.4 Å². The van der Waals surface area contributed by atoms with Crippen LogP contribution < -0.4 is 5.32 Å². The number of aliphatic hydroxyl groups excluding tert-OH is 1. The van der Waals surface area contributed by atoms with Gasteiger partial charge in [0, 0.05) is 23.9 Å². The van der Waals surface area contributed by atoms with Gasteiger partial charge in [0.1, 0.15) is 5.75 Å². The maximum absolute atomic E-state index is 9.92. The Kier molecular flexibility index (Phi) is 3.97. The zero-order valence-corrected chi connectivity index (χ0v) is 10.2. The van der Waals surface area contributed by atoms with E-state index in [0.717, 1.165) is 18.0 Å². The van der Waals surface area contributed by atoms with E-state index < -0.39 is 0 Å². The highest BCUT2D eigenvalue weighted by atomic mass is 16.3. The molecule has 1 aliphatic rings. The van der Waals surface area contributed by atoms with Crippen molar-refractivity contribution < 1.29 is 10.2 Å². The Balaban J connectivity index is 1.94. The molecular weight excluding hydrogens is 216 g/mol. The van der Waals surface area contributed by atoms with Crippen LogP contribution in [0.15, 0.2) is 6.20 Å². The standard InChI is InChI=1S/C13H20N2O2/c1-9-13(17)12(11(8-16)6-15-9)7-14-5-4-10-2-3-10/h6,10,14,16-17H,2-5,7-8H2,1H3. The molecule has 4 heteroatoms. The number of hydrogen-bond acceptors (Lipinski definition) is 4. The summed E-state index contributed by atoms with van der Waals surface area (Å²) < 4.78 is 0. The van der Waals surface area contributed by atoms with Crippen LogP contribution in [-0.2, 0) is 13.2 Å². The van der Waals surface area contributed by atoms with Gasteiger partial charge in [-0.15, -0.1) is 0 Å². The van der Waals surface area contributed by atoms with Gasteiger partial charge in [0.05, 0.1) is 12.3 Å². The molecule has 0 aromatic carbocycles. The van der Waals surface area contributed by atoms with E-state index in [0.29, 0.717) is 17.8 Å². The summed E-state index contributed by atoms with van der Waals surface area (Å²) in [6.45, 7) is 3.25. The van der Waals surface area contributed by atoms with Crippen LogP contribution in [0.4, 0.5) is 0 Å². The lowest BCUT2D eigenvalue weighted by molar-refractivity contribution is 0.278. The molecule has 1 aromatic rings. The second kappa shape index (κ2) is 5.47. The van der Waals surface area contributed by atoms with Gasteiger partial charge in [0.2, 0.25) is 0 Å². The number of rotatable bonds is 6. The second-order valence-corrected chi connectivity index (χ2v) is 4.76. The summed E-state index contributed by atoms with van der Waals surface area (Å²) >= 11 is 0. The summed E-state index contributed by atoms with van der Waals surface area (Å²) in [7, 11) is 0.